The summed E-state index contributed by atoms with van der Waals surface area (Å²) in [6.07, 6.45) is 4.14. The lowest BCUT2D eigenvalue weighted by Gasteiger charge is -2.34. The van der Waals surface area contributed by atoms with E-state index >= 15 is 0 Å². The zero-order valence-corrected chi connectivity index (χ0v) is 12.6. The predicted octanol–water partition coefficient (Wildman–Crippen LogP) is 2.73. The van der Waals surface area contributed by atoms with Gasteiger partial charge < -0.3 is 9.80 Å². The molecule has 0 N–H and O–H groups in total. The average molecular weight is 280 g/mol. The standard InChI is InChI=1S/C17H20N4/c1-3-13-5-4-12(10-18-13)15-6-7-16-17(19-15)20(2)14-8-9-21(16)11-14/h4-7,10,14H,3,8-9,11H2,1-2H3. The molecule has 1 unspecified atom stereocenters. The molecule has 21 heavy (non-hydrogen) atoms. The van der Waals surface area contributed by atoms with Gasteiger partial charge in [0.2, 0.25) is 0 Å². The molecule has 0 aromatic carbocycles. The molecule has 1 saturated heterocycles. The molecule has 0 spiro atoms. The molecule has 0 saturated carbocycles. The summed E-state index contributed by atoms with van der Waals surface area (Å²) < 4.78 is 0. The minimum Gasteiger partial charge on any atom is -0.366 e. The molecular weight excluding hydrogens is 260 g/mol. The highest BCUT2D eigenvalue weighted by molar-refractivity contribution is 5.75. The molecule has 2 aromatic heterocycles. The zero-order valence-electron chi connectivity index (χ0n) is 12.6. The summed E-state index contributed by atoms with van der Waals surface area (Å²) in [6.45, 7) is 4.41. The molecule has 4 rings (SSSR count). The fourth-order valence-electron chi connectivity index (χ4n) is 3.34. The number of anilines is 2. The van der Waals surface area contributed by atoms with Crippen molar-refractivity contribution >= 4 is 11.5 Å². The van der Waals surface area contributed by atoms with E-state index in [-0.39, 0.29) is 0 Å². The van der Waals surface area contributed by atoms with Gasteiger partial charge in [0.1, 0.15) is 0 Å². The highest BCUT2D eigenvalue weighted by atomic mass is 15.3. The van der Waals surface area contributed by atoms with E-state index < -0.39 is 0 Å². The molecule has 0 radical (unpaired) electrons. The van der Waals surface area contributed by atoms with Crippen molar-refractivity contribution < 1.29 is 0 Å². The fraction of sp³-hybridized carbons (Fsp3) is 0.412. The molecule has 1 atom stereocenters. The van der Waals surface area contributed by atoms with Gasteiger partial charge in [-0.2, -0.15) is 0 Å². The maximum atomic E-state index is 4.91. The molecule has 4 nitrogen and oxygen atoms in total. The van der Waals surface area contributed by atoms with Crippen molar-refractivity contribution in [1.82, 2.24) is 9.97 Å². The Morgan fingerprint density at radius 2 is 2.14 bits per heavy atom. The maximum Gasteiger partial charge on any atom is 0.152 e. The second-order valence-electron chi connectivity index (χ2n) is 5.93. The van der Waals surface area contributed by atoms with Crippen LogP contribution >= 0.6 is 0 Å². The highest BCUT2D eigenvalue weighted by Gasteiger charge is 2.34. The SMILES string of the molecule is CCc1ccc(-c2ccc3c(n2)N(C)C2CCN3C2)cn1. The average Bonchev–Trinajstić information content (AvgIpc) is 2.99. The summed E-state index contributed by atoms with van der Waals surface area (Å²) >= 11 is 0. The molecule has 0 aliphatic carbocycles. The number of rotatable bonds is 2. The Hall–Kier alpha value is -2.10. The van der Waals surface area contributed by atoms with Crippen LogP contribution in [-0.2, 0) is 6.42 Å². The number of pyridine rings is 2. The van der Waals surface area contributed by atoms with Gasteiger partial charge in [0.05, 0.1) is 11.4 Å². The smallest absolute Gasteiger partial charge is 0.152 e. The molecule has 108 valence electrons. The maximum absolute atomic E-state index is 4.91. The quantitative estimate of drug-likeness (QED) is 0.846. The molecular formula is C17H20N4. The Labute approximate surface area is 125 Å². The predicted molar refractivity (Wildman–Crippen MR) is 85.9 cm³/mol. The van der Waals surface area contributed by atoms with E-state index in [1.807, 2.05) is 6.20 Å². The topological polar surface area (TPSA) is 32.3 Å². The number of aryl methyl sites for hydroxylation is 1. The summed E-state index contributed by atoms with van der Waals surface area (Å²) in [4.78, 5) is 14.2. The van der Waals surface area contributed by atoms with Crippen molar-refractivity contribution in [3.63, 3.8) is 0 Å². The third-order valence-electron chi connectivity index (χ3n) is 4.72. The van der Waals surface area contributed by atoms with Gasteiger partial charge in [0.15, 0.2) is 5.82 Å². The number of likely N-dealkylation sites (N-methyl/N-ethyl adjacent to an activating group) is 1. The molecule has 2 bridgehead atoms. The third-order valence-corrected chi connectivity index (χ3v) is 4.72. The summed E-state index contributed by atoms with van der Waals surface area (Å²) in [7, 11) is 2.17. The zero-order chi connectivity index (χ0) is 14.4. The van der Waals surface area contributed by atoms with Crippen LogP contribution in [0.5, 0.6) is 0 Å². The van der Waals surface area contributed by atoms with Crippen molar-refractivity contribution in [1.29, 1.82) is 0 Å². The molecule has 0 amide bonds. The minimum atomic E-state index is 0.612. The lowest BCUT2D eigenvalue weighted by Crippen LogP contribution is -2.40. The van der Waals surface area contributed by atoms with Gasteiger partial charge in [0.25, 0.3) is 0 Å². The van der Waals surface area contributed by atoms with Crippen LogP contribution in [0.25, 0.3) is 11.3 Å². The first-order valence-electron chi connectivity index (χ1n) is 7.70. The first-order chi connectivity index (χ1) is 10.3. The van der Waals surface area contributed by atoms with Gasteiger partial charge in [-0.3, -0.25) is 4.98 Å². The van der Waals surface area contributed by atoms with Crippen molar-refractivity contribution in [2.24, 2.45) is 0 Å². The normalized spacial score (nSPS) is 19.8. The van der Waals surface area contributed by atoms with Gasteiger partial charge in [0, 0.05) is 43.6 Å². The van der Waals surface area contributed by atoms with Crippen LogP contribution in [0.15, 0.2) is 30.5 Å². The lowest BCUT2D eigenvalue weighted by atomic mass is 10.1. The largest absolute Gasteiger partial charge is 0.366 e. The molecule has 1 fully saturated rings. The second kappa shape index (κ2) is 4.72. The van der Waals surface area contributed by atoms with Crippen LogP contribution in [0.4, 0.5) is 11.5 Å². The Balaban J connectivity index is 1.75. The summed E-state index contributed by atoms with van der Waals surface area (Å²) in [6, 6.07) is 9.16. The van der Waals surface area contributed by atoms with E-state index in [1.165, 1.54) is 12.1 Å². The van der Waals surface area contributed by atoms with Gasteiger partial charge >= 0.3 is 0 Å². The molecule has 4 heteroatoms. The molecule has 4 heterocycles. The van der Waals surface area contributed by atoms with Crippen molar-refractivity contribution in [2.75, 3.05) is 29.9 Å². The summed E-state index contributed by atoms with van der Waals surface area (Å²) in [5, 5.41) is 0. The number of hydrogen-bond acceptors (Lipinski definition) is 4. The van der Waals surface area contributed by atoms with Crippen LogP contribution in [0.1, 0.15) is 19.0 Å². The molecule has 2 aromatic rings. The van der Waals surface area contributed by atoms with Crippen molar-refractivity contribution in [3.05, 3.63) is 36.2 Å². The van der Waals surface area contributed by atoms with Crippen LogP contribution in [0.2, 0.25) is 0 Å². The Morgan fingerprint density at radius 3 is 2.90 bits per heavy atom. The molecule has 2 aliphatic rings. The monoisotopic (exact) mass is 280 g/mol. The number of hydrogen-bond donors (Lipinski definition) is 0. The number of fused-ring (bicyclic) bond motifs is 4. The first kappa shape index (κ1) is 12.6. The second-order valence-corrected chi connectivity index (χ2v) is 5.93. The van der Waals surface area contributed by atoms with Crippen molar-refractivity contribution in [2.45, 2.75) is 25.8 Å². The van der Waals surface area contributed by atoms with Crippen LogP contribution in [-0.4, -0.2) is 36.1 Å². The highest BCUT2D eigenvalue weighted by Crippen LogP contribution is 2.38. The van der Waals surface area contributed by atoms with E-state index in [0.717, 1.165) is 42.3 Å². The summed E-state index contributed by atoms with van der Waals surface area (Å²) in [5.41, 5.74) is 4.50. The van der Waals surface area contributed by atoms with Gasteiger partial charge in [-0.15, -0.1) is 0 Å². The van der Waals surface area contributed by atoms with E-state index in [0.29, 0.717) is 6.04 Å². The third kappa shape index (κ3) is 1.97. The number of nitrogens with zero attached hydrogens (tertiary/aromatic N) is 4. The minimum absolute atomic E-state index is 0.612. The van der Waals surface area contributed by atoms with Crippen LogP contribution in [0.3, 0.4) is 0 Å². The lowest BCUT2D eigenvalue weighted by molar-refractivity contribution is 0.673. The fourth-order valence-corrected chi connectivity index (χ4v) is 3.34. The summed E-state index contributed by atoms with van der Waals surface area (Å²) in [5.74, 6) is 1.11. The van der Waals surface area contributed by atoms with E-state index in [9.17, 15) is 0 Å². The Morgan fingerprint density at radius 1 is 1.24 bits per heavy atom. The Kier molecular flexibility index (Phi) is 2.84. The van der Waals surface area contributed by atoms with E-state index in [1.54, 1.807) is 0 Å². The van der Waals surface area contributed by atoms with Gasteiger partial charge in [-0.1, -0.05) is 6.92 Å². The van der Waals surface area contributed by atoms with E-state index in [2.05, 4.69) is 53.0 Å². The van der Waals surface area contributed by atoms with Gasteiger partial charge in [-0.25, -0.2) is 4.98 Å². The number of aromatic nitrogens is 2. The molecule has 2 aliphatic heterocycles. The van der Waals surface area contributed by atoms with E-state index in [4.69, 9.17) is 4.98 Å². The van der Waals surface area contributed by atoms with Gasteiger partial charge in [-0.05, 0) is 37.1 Å². The van der Waals surface area contributed by atoms with Crippen molar-refractivity contribution in [3.8, 4) is 11.3 Å². The first-order valence-corrected chi connectivity index (χ1v) is 7.70. The van der Waals surface area contributed by atoms with Crippen LogP contribution < -0.4 is 9.80 Å². The van der Waals surface area contributed by atoms with Crippen LogP contribution in [0, 0.1) is 0 Å². The Bertz CT molecular complexity index is 665.